The lowest BCUT2D eigenvalue weighted by molar-refractivity contribution is -0.137. The fourth-order valence-corrected chi connectivity index (χ4v) is 5.90. The molecule has 10 heteroatoms. The lowest BCUT2D eigenvalue weighted by Gasteiger charge is -2.40. The van der Waals surface area contributed by atoms with Crippen molar-refractivity contribution in [2.24, 2.45) is 5.92 Å². The zero-order valence-electron chi connectivity index (χ0n) is 22.0. The molecule has 5 rings (SSSR count). The van der Waals surface area contributed by atoms with Gasteiger partial charge in [0.1, 0.15) is 6.26 Å². The third kappa shape index (κ3) is 6.45. The molecule has 1 aromatic heterocycles. The predicted molar refractivity (Wildman–Crippen MR) is 141 cm³/mol. The van der Waals surface area contributed by atoms with Crippen LogP contribution in [-0.2, 0) is 16.6 Å². The molecule has 0 unspecified atom stereocenters. The summed E-state index contributed by atoms with van der Waals surface area (Å²) in [4.78, 5) is 31.4. The van der Waals surface area contributed by atoms with Crippen LogP contribution in [0.5, 0.6) is 0 Å². The van der Waals surface area contributed by atoms with Crippen LogP contribution in [0, 0.1) is 5.92 Å². The Morgan fingerprint density at radius 2 is 1.85 bits per heavy atom. The van der Waals surface area contributed by atoms with Gasteiger partial charge in [-0.1, -0.05) is 18.2 Å². The van der Waals surface area contributed by atoms with Gasteiger partial charge in [-0.3, -0.25) is 9.59 Å². The first-order valence-electron chi connectivity index (χ1n) is 13.5. The van der Waals surface area contributed by atoms with Crippen molar-refractivity contribution >= 4 is 11.7 Å². The van der Waals surface area contributed by atoms with Gasteiger partial charge in [0.2, 0.25) is 5.89 Å². The molecule has 2 heterocycles. The Morgan fingerprint density at radius 3 is 2.52 bits per heavy atom. The van der Waals surface area contributed by atoms with E-state index < -0.39 is 23.2 Å². The fraction of sp³-hybridized carbons (Fsp3) is 0.433. The molecule has 1 saturated heterocycles. The average molecular weight is 556 g/mol. The highest BCUT2D eigenvalue weighted by Gasteiger charge is 2.38. The molecule has 0 spiro atoms. The molecule has 0 radical (unpaired) electrons. The number of ketones is 1. The minimum atomic E-state index is -4.54. The number of aliphatic hydroxyl groups is 1. The van der Waals surface area contributed by atoms with Crippen molar-refractivity contribution in [3.8, 4) is 11.5 Å². The van der Waals surface area contributed by atoms with Crippen molar-refractivity contribution in [1.29, 1.82) is 0 Å². The van der Waals surface area contributed by atoms with Crippen LogP contribution in [0.25, 0.3) is 11.5 Å². The molecule has 2 aliphatic rings. The number of aromatic nitrogens is 1. The zero-order valence-corrected chi connectivity index (χ0v) is 22.0. The molecule has 212 valence electrons. The second kappa shape index (κ2) is 11.5. The first-order chi connectivity index (χ1) is 19.1. The average Bonchev–Trinajstić information content (AvgIpc) is 3.65. The van der Waals surface area contributed by atoms with Gasteiger partial charge in [0.05, 0.1) is 23.9 Å². The van der Waals surface area contributed by atoms with Crippen LogP contribution in [0.1, 0.15) is 60.0 Å². The Balaban J connectivity index is 1.06. The van der Waals surface area contributed by atoms with Gasteiger partial charge in [0.25, 0.3) is 5.91 Å². The number of alkyl halides is 3. The number of hydrogen-bond donors (Lipinski definition) is 2. The maximum atomic E-state index is 12.9. The third-order valence-electron chi connectivity index (χ3n) is 8.13. The lowest BCUT2D eigenvalue weighted by atomic mass is 9.77. The summed E-state index contributed by atoms with van der Waals surface area (Å²) < 4.78 is 44.1. The maximum absolute atomic E-state index is 12.9. The Hall–Kier alpha value is -3.50. The fourth-order valence-electron chi connectivity index (χ4n) is 5.90. The van der Waals surface area contributed by atoms with Crippen LogP contribution in [0.2, 0.25) is 0 Å². The molecule has 2 fully saturated rings. The van der Waals surface area contributed by atoms with E-state index in [4.69, 9.17) is 4.42 Å². The normalized spacial score (nSPS) is 23.7. The molecule has 7 nitrogen and oxygen atoms in total. The van der Waals surface area contributed by atoms with Crippen molar-refractivity contribution in [3.05, 3.63) is 77.7 Å². The van der Waals surface area contributed by atoms with Crippen LogP contribution >= 0.6 is 0 Å². The number of hydrogen-bond acceptors (Lipinski definition) is 6. The van der Waals surface area contributed by atoms with Gasteiger partial charge >= 0.3 is 6.18 Å². The number of oxazole rings is 1. The van der Waals surface area contributed by atoms with E-state index in [-0.39, 0.29) is 23.8 Å². The molecular formula is C30H32F3N3O4. The quantitative estimate of drug-likeness (QED) is 0.397. The number of likely N-dealkylation sites (tertiary alicyclic amines) is 1. The summed E-state index contributed by atoms with van der Waals surface area (Å²) in [5, 5.41) is 13.8. The summed E-state index contributed by atoms with van der Waals surface area (Å²) in [6.45, 7) is 1.44. The molecule has 1 aliphatic carbocycles. The van der Waals surface area contributed by atoms with Crippen molar-refractivity contribution in [2.45, 2.75) is 56.3 Å². The summed E-state index contributed by atoms with van der Waals surface area (Å²) in [7, 11) is 0. The second-order valence-corrected chi connectivity index (χ2v) is 10.8. The number of Topliss-reactive ketones (excluding diaryl/α,β-unsaturated/α-hetero) is 1. The summed E-state index contributed by atoms with van der Waals surface area (Å²) in [6, 6.07) is 12.2. The van der Waals surface area contributed by atoms with Crippen molar-refractivity contribution < 1.29 is 32.3 Å². The van der Waals surface area contributed by atoms with E-state index in [9.17, 15) is 27.9 Å². The number of halogens is 3. The van der Waals surface area contributed by atoms with Gasteiger partial charge in [-0.15, -0.1) is 0 Å². The summed E-state index contributed by atoms with van der Waals surface area (Å²) in [5.41, 5.74) is -0.160. The smallest absolute Gasteiger partial charge is 0.416 e. The Morgan fingerprint density at radius 1 is 1.10 bits per heavy atom. The van der Waals surface area contributed by atoms with E-state index in [0.29, 0.717) is 31.2 Å². The van der Waals surface area contributed by atoms with Crippen LogP contribution in [0.4, 0.5) is 13.2 Å². The number of carbonyl (C=O) groups is 2. The highest BCUT2D eigenvalue weighted by atomic mass is 19.4. The molecule has 1 aliphatic heterocycles. The van der Waals surface area contributed by atoms with Gasteiger partial charge in [-0.2, -0.15) is 13.2 Å². The monoisotopic (exact) mass is 555 g/mol. The van der Waals surface area contributed by atoms with E-state index in [1.165, 1.54) is 18.4 Å². The molecule has 0 bridgehead atoms. The zero-order chi connectivity index (χ0) is 28.3. The topological polar surface area (TPSA) is 95.7 Å². The minimum Gasteiger partial charge on any atom is -0.445 e. The summed E-state index contributed by atoms with van der Waals surface area (Å²) in [6.07, 6.45) is 2.77. The molecule has 2 aromatic carbocycles. The summed E-state index contributed by atoms with van der Waals surface area (Å²) >= 11 is 0. The second-order valence-electron chi connectivity index (χ2n) is 10.8. The van der Waals surface area contributed by atoms with Gasteiger partial charge in [0, 0.05) is 30.1 Å². The Kier molecular flexibility index (Phi) is 8.09. The number of nitrogens with zero attached hydrogens (tertiary/aromatic N) is 2. The predicted octanol–water partition coefficient (Wildman–Crippen LogP) is 5.20. The van der Waals surface area contributed by atoms with Crippen LogP contribution in [0.15, 0.2) is 65.4 Å². The van der Waals surface area contributed by atoms with Crippen LogP contribution in [-0.4, -0.2) is 52.4 Å². The standard InChI is InChI=1S/C30H32F3N3O4/c31-30(32,33)24-3-1-2-22(17-24)27(38)35-18-26(37)16-20-10-14-36(19-20)25-8-11-29(39,12-9-25)23-6-4-21(5-7-23)28-34-13-15-40-28/h1-7,13,15,17,20,25,39H,8-12,14,16,18-19H2,(H,35,38)/t20-,25?,29?/m0/s1. The Bertz CT molecular complexity index is 1320. The molecule has 1 saturated carbocycles. The molecular weight excluding hydrogens is 523 g/mol. The van der Waals surface area contributed by atoms with E-state index in [1.807, 2.05) is 24.3 Å². The van der Waals surface area contributed by atoms with Crippen LogP contribution < -0.4 is 5.32 Å². The number of nitrogens with one attached hydrogen (secondary N) is 1. The Labute approximate surface area is 230 Å². The van der Waals surface area contributed by atoms with Crippen molar-refractivity contribution in [3.63, 3.8) is 0 Å². The van der Waals surface area contributed by atoms with E-state index >= 15 is 0 Å². The lowest BCUT2D eigenvalue weighted by Crippen LogP contribution is -2.41. The third-order valence-corrected chi connectivity index (χ3v) is 8.13. The highest BCUT2D eigenvalue weighted by molar-refractivity contribution is 5.96. The molecule has 1 amide bonds. The summed E-state index contributed by atoms with van der Waals surface area (Å²) in [5.74, 6) is -0.128. The van der Waals surface area contributed by atoms with Crippen molar-refractivity contribution in [1.82, 2.24) is 15.2 Å². The highest BCUT2D eigenvalue weighted by Crippen LogP contribution is 2.40. The van der Waals surface area contributed by atoms with Gasteiger partial charge in [-0.25, -0.2) is 4.98 Å². The molecule has 2 N–H and O–H groups in total. The van der Waals surface area contributed by atoms with Gasteiger partial charge in [0.15, 0.2) is 5.78 Å². The van der Waals surface area contributed by atoms with Crippen molar-refractivity contribution in [2.75, 3.05) is 19.6 Å². The number of benzene rings is 2. The van der Waals surface area contributed by atoms with E-state index in [0.717, 1.165) is 55.6 Å². The van der Waals surface area contributed by atoms with Crippen LogP contribution in [0.3, 0.4) is 0 Å². The van der Waals surface area contributed by atoms with E-state index in [2.05, 4.69) is 15.2 Å². The molecule has 40 heavy (non-hydrogen) atoms. The SMILES string of the molecule is O=C(CNC(=O)c1cccc(C(F)(F)F)c1)C[C@@H]1CCN(C2CCC(O)(c3ccc(-c4ncco4)cc3)CC2)C1. The first-order valence-corrected chi connectivity index (χ1v) is 13.5. The largest absolute Gasteiger partial charge is 0.445 e. The van der Waals surface area contributed by atoms with E-state index in [1.54, 1.807) is 6.20 Å². The minimum absolute atomic E-state index is 0.127. The number of rotatable bonds is 8. The molecule has 3 aromatic rings. The molecule has 1 atom stereocenters. The van der Waals surface area contributed by atoms with Gasteiger partial charge in [-0.05, 0) is 80.5 Å². The number of amides is 1. The first kappa shape index (κ1) is 28.0. The maximum Gasteiger partial charge on any atom is 0.416 e. The van der Waals surface area contributed by atoms with Gasteiger partial charge < -0.3 is 19.7 Å². The number of carbonyl (C=O) groups excluding carboxylic acids is 2.